The maximum Gasteiger partial charge on any atom is 0.410 e. The zero-order chi connectivity index (χ0) is 23.9. The largest absolute Gasteiger partial charge is 0.497 e. The third-order valence-corrected chi connectivity index (χ3v) is 5.36. The van der Waals surface area contributed by atoms with E-state index < -0.39 is 29.7 Å². The molecule has 3 rings (SSSR count). The lowest BCUT2D eigenvalue weighted by Crippen LogP contribution is -2.46. The van der Waals surface area contributed by atoms with E-state index in [1.165, 1.54) is 13.2 Å². The van der Waals surface area contributed by atoms with E-state index in [0.717, 1.165) is 4.68 Å². The van der Waals surface area contributed by atoms with Crippen molar-refractivity contribution in [2.45, 2.75) is 71.3 Å². The predicted molar refractivity (Wildman–Crippen MR) is 117 cm³/mol. The minimum absolute atomic E-state index is 0.0290. The van der Waals surface area contributed by atoms with Crippen LogP contribution in [0.3, 0.4) is 0 Å². The Kier molecular flexibility index (Phi) is 6.23. The zero-order valence-corrected chi connectivity index (χ0v) is 19.3. The van der Waals surface area contributed by atoms with Gasteiger partial charge in [-0.05, 0) is 43.4 Å². The van der Waals surface area contributed by atoms with Crippen LogP contribution in [0.2, 0.25) is 0 Å². The van der Waals surface area contributed by atoms with Crippen molar-refractivity contribution >= 4 is 11.7 Å². The molecule has 0 aliphatic carbocycles. The Morgan fingerprint density at radius 2 is 1.81 bits per heavy atom. The Labute approximate surface area is 186 Å². The lowest BCUT2D eigenvalue weighted by molar-refractivity contribution is -0.173. The second-order valence-corrected chi connectivity index (χ2v) is 10.2. The Hall–Kier alpha value is -2.71. The van der Waals surface area contributed by atoms with Gasteiger partial charge in [-0.25, -0.2) is 4.68 Å². The smallest absolute Gasteiger partial charge is 0.410 e. The van der Waals surface area contributed by atoms with Crippen molar-refractivity contribution in [2.75, 3.05) is 12.4 Å². The van der Waals surface area contributed by atoms with Crippen molar-refractivity contribution in [3.05, 3.63) is 41.6 Å². The molecule has 2 aromatic rings. The average molecular weight is 453 g/mol. The van der Waals surface area contributed by atoms with Gasteiger partial charge in [0.25, 0.3) is 5.91 Å². The fourth-order valence-corrected chi connectivity index (χ4v) is 4.48. The fourth-order valence-electron chi connectivity index (χ4n) is 4.48. The molecule has 0 fully saturated rings. The number of fused-ring (bicyclic) bond motifs is 1. The van der Waals surface area contributed by atoms with Gasteiger partial charge in [0.2, 0.25) is 0 Å². The molecule has 1 aliphatic rings. The molecule has 176 valence electrons. The van der Waals surface area contributed by atoms with Gasteiger partial charge in [0.05, 0.1) is 13.2 Å². The summed E-state index contributed by atoms with van der Waals surface area (Å²) >= 11 is 0. The third-order valence-electron chi connectivity index (χ3n) is 5.36. The highest BCUT2D eigenvalue weighted by molar-refractivity contribution is 5.93. The molecular weight excluding hydrogens is 421 g/mol. The van der Waals surface area contributed by atoms with Gasteiger partial charge in [-0.3, -0.25) is 4.79 Å². The maximum atomic E-state index is 13.9. The number of nitrogens with zero attached hydrogens (tertiary/aromatic N) is 2. The first-order valence-corrected chi connectivity index (χ1v) is 10.6. The van der Waals surface area contributed by atoms with Crippen molar-refractivity contribution in [3.8, 4) is 5.75 Å². The molecule has 0 saturated carbocycles. The summed E-state index contributed by atoms with van der Waals surface area (Å²) in [6.45, 7) is 9.97. The van der Waals surface area contributed by atoms with E-state index in [1.807, 2.05) is 13.8 Å². The molecule has 9 heteroatoms. The summed E-state index contributed by atoms with van der Waals surface area (Å²) in [6.07, 6.45) is -4.05. The van der Waals surface area contributed by atoms with Crippen molar-refractivity contribution < 1.29 is 22.7 Å². The summed E-state index contributed by atoms with van der Waals surface area (Å²) < 4.78 is 47.7. The SMILES string of the molecule is COc1ccc(C2CC(C(F)(F)F)n3nc(C(=O)NC(C)(C)CC(C)(C)C)cc3N2)cc1. The molecule has 1 amide bonds. The molecular formula is C23H31F3N4O2. The van der Waals surface area contributed by atoms with Crippen molar-refractivity contribution in [1.29, 1.82) is 0 Å². The highest BCUT2D eigenvalue weighted by Gasteiger charge is 2.47. The molecule has 1 aromatic heterocycles. The summed E-state index contributed by atoms with van der Waals surface area (Å²) in [7, 11) is 1.53. The first-order chi connectivity index (χ1) is 14.7. The van der Waals surface area contributed by atoms with Gasteiger partial charge >= 0.3 is 6.18 Å². The number of methoxy groups -OCH3 is 1. The van der Waals surface area contributed by atoms with Crippen LogP contribution in [-0.4, -0.2) is 34.5 Å². The molecule has 2 atom stereocenters. The molecule has 0 radical (unpaired) electrons. The molecule has 0 bridgehead atoms. The van der Waals surface area contributed by atoms with E-state index in [1.54, 1.807) is 24.3 Å². The number of rotatable bonds is 5. The van der Waals surface area contributed by atoms with Gasteiger partial charge < -0.3 is 15.4 Å². The molecule has 1 aliphatic heterocycles. The number of halogens is 3. The standard InChI is InChI=1S/C23H31F3N4O2/c1-21(2,3)13-22(4,5)28-20(31)17-12-19-27-16(14-7-9-15(32-6)10-8-14)11-18(23(24,25)26)30(19)29-17/h7-10,12,16,18,27H,11,13H2,1-6H3,(H,28,31). The number of ether oxygens (including phenoxy) is 1. The van der Waals surface area contributed by atoms with Crippen LogP contribution < -0.4 is 15.4 Å². The van der Waals surface area contributed by atoms with E-state index in [9.17, 15) is 18.0 Å². The van der Waals surface area contributed by atoms with Crippen molar-refractivity contribution in [3.63, 3.8) is 0 Å². The lowest BCUT2D eigenvalue weighted by atomic mass is 9.82. The number of amides is 1. The van der Waals surface area contributed by atoms with Crippen LogP contribution in [0.15, 0.2) is 30.3 Å². The molecule has 32 heavy (non-hydrogen) atoms. The number of aromatic nitrogens is 2. The Morgan fingerprint density at radius 3 is 2.34 bits per heavy atom. The van der Waals surface area contributed by atoms with Gasteiger partial charge in [0.15, 0.2) is 11.7 Å². The highest BCUT2D eigenvalue weighted by Crippen LogP contribution is 2.43. The van der Waals surface area contributed by atoms with E-state index in [-0.39, 0.29) is 23.3 Å². The number of hydrogen-bond acceptors (Lipinski definition) is 4. The quantitative estimate of drug-likeness (QED) is 0.629. The molecule has 6 nitrogen and oxygen atoms in total. The summed E-state index contributed by atoms with van der Waals surface area (Å²) in [5.41, 5.74) is 0.0876. The summed E-state index contributed by atoms with van der Waals surface area (Å²) in [5.74, 6) is 0.293. The van der Waals surface area contributed by atoms with Gasteiger partial charge in [0.1, 0.15) is 11.6 Å². The molecule has 2 N–H and O–H groups in total. The number of carbonyl (C=O) groups excluding carboxylic acids is 1. The predicted octanol–water partition coefficient (Wildman–Crippen LogP) is 5.50. The van der Waals surface area contributed by atoms with E-state index in [2.05, 4.69) is 36.5 Å². The second-order valence-electron chi connectivity index (χ2n) is 10.2. The minimum Gasteiger partial charge on any atom is -0.497 e. The van der Waals surface area contributed by atoms with Gasteiger partial charge in [-0.1, -0.05) is 32.9 Å². The monoisotopic (exact) mass is 452 g/mol. The Bertz CT molecular complexity index is 959. The summed E-state index contributed by atoms with van der Waals surface area (Å²) in [5, 5.41) is 10.1. The van der Waals surface area contributed by atoms with E-state index >= 15 is 0 Å². The number of benzene rings is 1. The minimum atomic E-state index is -4.51. The molecule has 0 spiro atoms. The van der Waals surface area contributed by atoms with Crippen LogP contribution >= 0.6 is 0 Å². The van der Waals surface area contributed by atoms with Crippen molar-refractivity contribution in [2.24, 2.45) is 5.41 Å². The van der Waals surface area contributed by atoms with Crippen LogP contribution in [0, 0.1) is 5.41 Å². The average Bonchev–Trinajstić information content (AvgIpc) is 3.08. The first-order valence-electron chi connectivity index (χ1n) is 10.6. The lowest BCUT2D eigenvalue weighted by Gasteiger charge is -2.33. The maximum absolute atomic E-state index is 13.9. The molecule has 2 heterocycles. The third kappa shape index (κ3) is 5.55. The number of anilines is 1. The van der Waals surface area contributed by atoms with Crippen LogP contribution in [0.4, 0.5) is 19.0 Å². The molecule has 1 aromatic carbocycles. The Morgan fingerprint density at radius 1 is 1.19 bits per heavy atom. The summed E-state index contributed by atoms with van der Waals surface area (Å²) in [6, 6.07) is 5.86. The summed E-state index contributed by atoms with van der Waals surface area (Å²) in [4.78, 5) is 12.8. The fraction of sp³-hybridized carbons (Fsp3) is 0.565. The van der Waals surface area contributed by atoms with Crippen LogP contribution in [-0.2, 0) is 0 Å². The van der Waals surface area contributed by atoms with E-state index in [4.69, 9.17) is 4.74 Å². The van der Waals surface area contributed by atoms with E-state index in [0.29, 0.717) is 17.7 Å². The first kappa shape index (κ1) is 23.9. The molecule has 2 unspecified atom stereocenters. The number of alkyl halides is 3. The zero-order valence-electron chi connectivity index (χ0n) is 19.3. The van der Waals surface area contributed by atoms with Crippen molar-refractivity contribution in [1.82, 2.24) is 15.1 Å². The second kappa shape index (κ2) is 8.33. The van der Waals surface area contributed by atoms with Gasteiger partial charge in [-0.2, -0.15) is 18.3 Å². The van der Waals surface area contributed by atoms with Crippen LogP contribution in [0.5, 0.6) is 5.75 Å². The van der Waals surface area contributed by atoms with Crippen LogP contribution in [0.25, 0.3) is 0 Å². The van der Waals surface area contributed by atoms with Crippen LogP contribution in [0.1, 0.15) is 75.6 Å². The van der Waals surface area contributed by atoms with Gasteiger partial charge in [-0.15, -0.1) is 0 Å². The topological polar surface area (TPSA) is 68.2 Å². The number of nitrogens with one attached hydrogen (secondary N) is 2. The number of hydrogen-bond donors (Lipinski definition) is 2. The Balaban J connectivity index is 1.88. The highest BCUT2D eigenvalue weighted by atomic mass is 19.4. The molecule has 0 saturated heterocycles. The normalized spacial score (nSPS) is 19.2. The number of carbonyl (C=O) groups is 1. The van der Waals surface area contributed by atoms with Gasteiger partial charge in [0, 0.05) is 18.0 Å².